The van der Waals surface area contributed by atoms with E-state index in [1.165, 1.54) is 6.08 Å². The molecular weight excluding hydrogens is 344 g/mol. The number of nitrogens with zero attached hydrogens (tertiary/aromatic N) is 1. The van der Waals surface area contributed by atoms with E-state index in [9.17, 15) is 4.79 Å². The molecule has 0 fully saturated rings. The standard InChI is InChI=1S/C21H26N2O4/c1-4-12-27-18-9-6-16(13-19(18)26-5-2)7-10-20(24)22-14-17-8-11-21(25-3)23-15-17/h6-11,13,15H,4-5,12,14H2,1-3H3,(H,22,24)/b10-7+. The van der Waals surface area contributed by atoms with Gasteiger partial charge in [0.05, 0.1) is 20.3 Å². The molecule has 27 heavy (non-hydrogen) atoms. The van der Waals surface area contributed by atoms with Crippen molar-refractivity contribution in [2.24, 2.45) is 0 Å². The maximum absolute atomic E-state index is 12.0. The molecule has 1 N–H and O–H groups in total. The quantitative estimate of drug-likeness (QED) is 0.647. The van der Waals surface area contributed by atoms with Crippen molar-refractivity contribution in [3.8, 4) is 17.4 Å². The number of benzene rings is 1. The summed E-state index contributed by atoms with van der Waals surface area (Å²) in [6.45, 7) is 5.56. The number of carbonyl (C=O) groups is 1. The van der Waals surface area contributed by atoms with Crippen molar-refractivity contribution in [2.45, 2.75) is 26.8 Å². The van der Waals surface area contributed by atoms with E-state index in [1.807, 2.05) is 31.2 Å². The largest absolute Gasteiger partial charge is 0.490 e. The average Bonchev–Trinajstić information content (AvgIpc) is 2.70. The molecule has 0 saturated heterocycles. The van der Waals surface area contributed by atoms with Crippen molar-refractivity contribution in [3.63, 3.8) is 0 Å². The van der Waals surface area contributed by atoms with Crippen LogP contribution in [0, 0.1) is 0 Å². The van der Waals surface area contributed by atoms with Gasteiger partial charge in [0.25, 0.3) is 0 Å². The van der Waals surface area contributed by atoms with Crippen LogP contribution in [0.1, 0.15) is 31.4 Å². The van der Waals surface area contributed by atoms with Crippen molar-refractivity contribution < 1.29 is 19.0 Å². The van der Waals surface area contributed by atoms with Gasteiger partial charge in [-0.15, -0.1) is 0 Å². The van der Waals surface area contributed by atoms with Crippen LogP contribution in [0.15, 0.2) is 42.6 Å². The zero-order valence-corrected chi connectivity index (χ0v) is 16.0. The normalized spacial score (nSPS) is 10.6. The highest BCUT2D eigenvalue weighted by Gasteiger charge is 2.06. The van der Waals surface area contributed by atoms with Crippen LogP contribution >= 0.6 is 0 Å². The Bertz CT molecular complexity index is 757. The van der Waals surface area contributed by atoms with Gasteiger partial charge in [0.1, 0.15) is 0 Å². The Morgan fingerprint density at radius 1 is 1.15 bits per heavy atom. The molecule has 6 heteroatoms. The lowest BCUT2D eigenvalue weighted by atomic mass is 10.2. The fourth-order valence-corrected chi connectivity index (χ4v) is 2.28. The first-order valence-electron chi connectivity index (χ1n) is 9.00. The van der Waals surface area contributed by atoms with Crippen LogP contribution in [0.25, 0.3) is 6.08 Å². The van der Waals surface area contributed by atoms with E-state index in [0.29, 0.717) is 37.1 Å². The molecule has 0 aliphatic heterocycles. The SMILES string of the molecule is CCCOc1ccc(/C=C/C(=O)NCc2ccc(OC)nc2)cc1OCC. The zero-order valence-electron chi connectivity index (χ0n) is 16.0. The summed E-state index contributed by atoms with van der Waals surface area (Å²) in [6.07, 6.45) is 5.84. The maximum Gasteiger partial charge on any atom is 0.244 e. The number of pyridine rings is 1. The third kappa shape index (κ3) is 6.66. The predicted molar refractivity (Wildman–Crippen MR) is 105 cm³/mol. The smallest absolute Gasteiger partial charge is 0.244 e. The summed E-state index contributed by atoms with van der Waals surface area (Å²) in [7, 11) is 1.56. The first kappa shape index (κ1) is 20.3. The Kier molecular flexibility index (Phi) is 8.16. The van der Waals surface area contributed by atoms with E-state index >= 15 is 0 Å². The number of methoxy groups -OCH3 is 1. The van der Waals surface area contributed by atoms with Gasteiger partial charge in [-0.3, -0.25) is 4.79 Å². The van der Waals surface area contributed by atoms with Gasteiger partial charge in [-0.2, -0.15) is 0 Å². The number of hydrogen-bond acceptors (Lipinski definition) is 5. The van der Waals surface area contributed by atoms with Crippen molar-refractivity contribution in [2.75, 3.05) is 20.3 Å². The lowest BCUT2D eigenvalue weighted by Gasteiger charge is -2.12. The zero-order chi connectivity index (χ0) is 19.5. The summed E-state index contributed by atoms with van der Waals surface area (Å²) < 4.78 is 16.3. The Morgan fingerprint density at radius 3 is 2.67 bits per heavy atom. The number of carbonyl (C=O) groups excluding carboxylic acids is 1. The molecule has 0 saturated carbocycles. The summed E-state index contributed by atoms with van der Waals surface area (Å²) in [5.41, 5.74) is 1.76. The molecule has 0 radical (unpaired) electrons. The first-order valence-corrected chi connectivity index (χ1v) is 9.00. The summed E-state index contributed by atoms with van der Waals surface area (Å²) >= 11 is 0. The summed E-state index contributed by atoms with van der Waals surface area (Å²) in [5, 5.41) is 2.82. The van der Waals surface area contributed by atoms with Crippen LogP contribution in [0.3, 0.4) is 0 Å². The molecule has 6 nitrogen and oxygen atoms in total. The van der Waals surface area contributed by atoms with Crippen LogP contribution in [0.5, 0.6) is 17.4 Å². The summed E-state index contributed by atoms with van der Waals surface area (Å²) in [4.78, 5) is 16.1. The van der Waals surface area contributed by atoms with E-state index in [0.717, 1.165) is 17.5 Å². The number of amides is 1. The monoisotopic (exact) mass is 370 g/mol. The molecule has 0 aliphatic carbocycles. The van der Waals surface area contributed by atoms with Gasteiger partial charge in [0, 0.05) is 24.9 Å². The molecular formula is C21H26N2O4. The van der Waals surface area contributed by atoms with Gasteiger partial charge < -0.3 is 19.5 Å². The number of rotatable bonds is 10. The van der Waals surface area contributed by atoms with Crippen LogP contribution in [-0.2, 0) is 11.3 Å². The van der Waals surface area contributed by atoms with Gasteiger partial charge in [0.15, 0.2) is 11.5 Å². The molecule has 1 amide bonds. The lowest BCUT2D eigenvalue weighted by Crippen LogP contribution is -2.20. The van der Waals surface area contributed by atoms with Gasteiger partial charge in [0.2, 0.25) is 11.8 Å². The van der Waals surface area contributed by atoms with Crippen molar-refractivity contribution in [1.82, 2.24) is 10.3 Å². The minimum Gasteiger partial charge on any atom is -0.490 e. The second-order valence-corrected chi connectivity index (χ2v) is 5.75. The van der Waals surface area contributed by atoms with Crippen LogP contribution in [-0.4, -0.2) is 31.2 Å². The van der Waals surface area contributed by atoms with Gasteiger partial charge >= 0.3 is 0 Å². The molecule has 0 atom stereocenters. The molecule has 1 heterocycles. The third-order valence-corrected chi connectivity index (χ3v) is 3.63. The molecule has 0 bridgehead atoms. The first-order chi connectivity index (χ1) is 13.2. The Labute approximate surface area is 160 Å². The van der Waals surface area contributed by atoms with E-state index in [4.69, 9.17) is 14.2 Å². The number of ether oxygens (including phenoxy) is 3. The topological polar surface area (TPSA) is 69.7 Å². The predicted octanol–water partition coefficient (Wildman–Crippen LogP) is 3.61. The van der Waals surface area contributed by atoms with Crippen LogP contribution < -0.4 is 19.5 Å². The molecule has 1 aromatic heterocycles. The highest BCUT2D eigenvalue weighted by molar-refractivity contribution is 5.91. The van der Waals surface area contributed by atoms with E-state index in [1.54, 1.807) is 25.4 Å². The number of aromatic nitrogens is 1. The second-order valence-electron chi connectivity index (χ2n) is 5.75. The minimum absolute atomic E-state index is 0.185. The van der Waals surface area contributed by atoms with E-state index < -0.39 is 0 Å². The Balaban J connectivity index is 1.94. The highest BCUT2D eigenvalue weighted by Crippen LogP contribution is 2.29. The van der Waals surface area contributed by atoms with Crippen molar-refractivity contribution in [1.29, 1.82) is 0 Å². The molecule has 0 aliphatic rings. The fourth-order valence-electron chi connectivity index (χ4n) is 2.28. The van der Waals surface area contributed by atoms with Gasteiger partial charge in [-0.05, 0) is 42.7 Å². The molecule has 0 unspecified atom stereocenters. The number of hydrogen-bond donors (Lipinski definition) is 1. The highest BCUT2D eigenvalue weighted by atomic mass is 16.5. The van der Waals surface area contributed by atoms with Gasteiger partial charge in [-0.25, -0.2) is 4.98 Å². The third-order valence-electron chi connectivity index (χ3n) is 3.63. The lowest BCUT2D eigenvalue weighted by molar-refractivity contribution is -0.116. The summed E-state index contributed by atoms with van der Waals surface area (Å²) in [6, 6.07) is 9.24. The van der Waals surface area contributed by atoms with E-state index in [2.05, 4.69) is 17.2 Å². The Morgan fingerprint density at radius 2 is 2.00 bits per heavy atom. The molecule has 2 rings (SSSR count). The maximum atomic E-state index is 12.0. The minimum atomic E-state index is -0.185. The second kappa shape index (κ2) is 10.9. The van der Waals surface area contributed by atoms with Crippen LogP contribution in [0.4, 0.5) is 0 Å². The molecule has 2 aromatic rings. The van der Waals surface area contributed by atoms with Crippen molar-refractivity contribution in [3.05, 3.63) is 53.7 Å². The average molecular weight is 370 g/mol. The van der Waals surface area contributed by atoms with Gasteiger partial charge in [-0.1, -0.05) is 19.1 Å². The molecule has 0 spiro atoms. The van der Waals surface area contributed by atoms with Crippen molar-refractivity contribution >= 4 is 12.0 Å². The fraction of sp³-hybridized carbons (Fsp3) is 0.333. The van der Waals surface area contributed by atoms with E-state index in [-0.39, 0.29) is 5.91 Å². The number of nitrogens with one attached hydrogen (secondary N) is 1. The summed E-state index contributed by atoms with van der Waals surface area (Å²) in [5.74, 6) is 1.75. The Hall–Kier alpha value is -3.02. The van der Waals surface area contributed by atoms with Crippen LogP contribution in [0.2, 0.25) is 0 Å². The molecule has 1 aromatic carbocycles. The molecule has 144 valence electrons.